The molecule has 0 amide bonds. The highest BCUT2D eigenvalue weighted by Crippen LogP contribution is 2.18. The van der Waals surface area contributed by atoms with Gasteiger partial charge in [0.15, 0.2) is 0 Å². The third-order valence-corrected chi connectivity index (χ3v) is 4.45. The maximum Gasteiger partial charge on any atom is 0.131 e. The Morgan fingerprint density at radius 2 is 1.82 bits per heavy atom. The molecule has 22 heavy (non-hydrogen) atoms. The monoisotopic (exact) mass is 295 g/mol. The van der Waals surface area contributed by atoms with Crippen LogP contribution in [0.15, 0.2) is 42.6 Å². The van der Waals surface area contributed by atoms with Crippen molar-refractivity contribution in [2.45, 2.75) is 20.3 Å². The predicted molar refractivity (Wildman–Crippen MR) is 92.5 cm³/mol. The maximum absolute atomic E-state index is 4.54. The molecule has 0 unspecified atom stereocenters. The Hall–Kier alpha value is -1.87. The summed E-state index contributed by atoms with van der Waals surface area (Å²) in [7, 11) is 0. The summed E-state index contributed by atoms with van der Waals surface area (Å²) >= 11 is 0. The van der Waals surface area contributed by atoms with Crippen LogP contribution in [0.2, 0.25) is 0 Å². The van der Waals surface area contributed by atoms with Crippen LogP contribution in [0.5, 0.6) is 0 Å². The van der Waals surface area contributed by atoms with Crippen molar-refractivity contribution in [1.82, 2.24) is 9.88 Å². The first-order valence-corrected chi connectivity index (χ1v) is 8.17. The quantitative estimate of drug-likeness (QED) is 0.864. The van der Waals surface area contributed by atoms with Crippen molar-refractivity contribution < 1.29 is 0 Å². The van der Waals surface area contributed by atoms with E-state index in [1.807, 2.05) is 12.3 Å². The fraction of sp³-hybridized carbons (Fsp3) is 0.421. The van der Waals surface area contributed by atoms with E-state index in [4.69, 9.17) is 0 Å². The third-order valence-electron chi connectivity index (χ3n) is 4.45. The first kappa shape index (κ1) is 15.0. The van der Waals surface area contributed by atoms with Crippen molar-refractivity contribution in [3.05, 3.63) is 59.3 Å². The molecule has 3 heteroatoms. The van der Waals surface area contributed by atoms with Crippen LogP contribution in [0, 0.1) is 13.8 Å². The number of aromatic nitrogens is 1. The molecule has 3 nitrogen and oxygen atoms in total. The van der Waals surface area contributed by atoms with Crippen molar-refractivity contribution >= 4 is 5.82 Å². The summed E-state index contributed by atoms with van der Waals surface area (Å²) in [6.45, 7) is 9.86. The molecule has 0 bridgehead atoms. The van der Waals surface area contributed by atoms with E-state index in [0.29, 0.717) is 0 Å². The second kappa shape index (κ2) is 6.93. The second-order valence-electron chi connectivity index (χ2n) is 6.21. The van der Waals surface area contributed by atoms with Crippen LogP contribution >= 0.6 is 0 Å². The van der Waals surface area contributed by atoms with E-state index in [0.717, 1.165) is 45.0 Å². The molecular weight excluding hydrogens is 270 g/mol. The van der Waals surface area contributed by atoms with E-state index < -0.39 is 0 Å². The number of pyridine rings is 1. The van der Waals surface area contributed by atoms with Gasteiger partial charge in [0, 0.05) is 38.9 Å². The van der Waals surface area contributed by atoms with Gasteiger partial charge in [-0.3, -0.25) is 4.90 Å². The van der Waals surface area contributed by atoms with Crippen LogP contribution in [0.1, 0.15) is 16.7 Å². The van der Waals surface area contributed by atoms with Crippen molar-refractivity contribution in [3.8, 4) is 0 Å². The maximum atomic E-state index is 4.54. The molecule has 1 aromatic heterocycles. The van der Waals surface area contributed by atoms with Crippen LogP contribution < -0.4 is 4.90 Å². The van der Waals surface area contributed by atoms with Crippen molar-refractivity contribution in [3.63, 3.8) is 0 Å². The summed E-state index contributed by atoms with van der Waals surface area (Å²) in [6, 6.07) is 13.0. The van der Waals surface area contributed by atoms with Gasteiger partial charge in [-0.25, -0.2) is 4.98 Å². The molecule has 0 aliphatic carbocycles. The molecule has 1 aromatic carbocycles. The molecule has 1 fully saturated rings. The first-order chi connectivity index (χ1) is 10.7. The summed E-state index contributed by atoms with van der Waals surface area (Å²) in [4.78, 5) is 9.52. The van der Waals surface area contributed by atoms with Crippen LogP contribution in [-0.4, -0.2) is 42.6 Å². The van der Waals surface area contributed by atoms with Gasteiger partial charge in [0.05, 0.1) is 0 Å². The summed E-state index contributed by atoms with van der Waals surface area (Å²) in [6.07, 6.45) is 3.04. The normalized spacial score (nSPS) is 16.0. The molecule has 2 aromatic rings. The van der Waals surface area contributed by atoms with Gasteiger partial charge in [-0.2, -0.15) is 0 Å². The smallest absolute Gasteiger partial charge is 0.131 e. The largest absolute Gasteiger partial charge is 0.354 e. The van der Waals surface area contributed by atoms with Crippen LogP contribution in [-0.2, 0) is 6.42 Å². The number of anilines is 1. The predicted octanol–water partition coefficient (Wildman–Crippen LogP) is 3.06. The Balaban J connectivity index is 1.51. The van der Waals surface area contributed by atoms with Gasteiger partial charge in [0.2, 0.25) is 0 Å². The minimum Gasteiger partial charge on any atom is -0.354 e. The molecule has 0 atom stereocenters. The SMILES string of the molecule is Cc1cccc(CCN2CCN(c3ncccc3C)CC2)c1. The molecule has 1 aliphatic rings. The van der Waals surface area contributed by atoms with E-state index in [1.54, 1.807) is 0 Å². The molecule has 0 N–H and O–H groups in total. The lowest BCUT2D eigenvalue weighted by Crippen LogP contribution is -2.47. The van der Waals surface area contributed by atoms with E-state index in [2.05, 4.69) is 59.0 Å². The number of piperazine rings is 1. The molecule has 0 saturated carbocycles. The molecule has 0 spiro atoms. The zero-order valence-electron chi connectivity index (χ0n) is 13.6. The van der Waals surface area contributed by atoms with Crippen molar-refractivity contribution in [2.24, 2.45) is 0 Å². The highest BCUT2D eigenvalue weighted by molar-refractivity contribution is 5.46. The van der Waals surface area contributed by atoms with Crippen molar-refractivity contribution in [1.29, 1.82) is 0 Å². The zero-order valence-corrected chi connectivity index (χ0v) is 13.6. The number of hydrogen-bond donors (Lipinski definition) is 0. The Morgan fingerprint density at radius 3 is 2.55 bits per heavy atom. The van der Waals surface area contributed by atoms with Gasteiger partial charge in [0.1, 0.15) is 5.82 Å². The summed E-state index contributed by atoms with van der Waals surface area (Å²) in [5.74, 6) is 1.15. The highest BCUT2D eigenvalue weighted by Gasteiger charge is 2.18. The Labute approximate surface area is 133 Å². The summed E-state index contributed by atoms with van der Waals surface area (Å²) < 4.78 is 0. The van der Waals surface area contributed by atoms with E-state index >= 15 is 0 Å². The number of nitrogens with zero attached hydrogens (tertiary/aromatic N) is 3. The van der Waals surface area contributed by atoms with E-state index in [-0.39, 0.29) is 0 Å². The average molecular weight is 295 g/mol. The number of aryl methyl sites for hydroxylation is 2. The number of hydrogen-bond acceptors (Lipinski definition) is 3. The van der Waals surface area contributed by atoms with Crippen LogP contribution in [0.4, 0.5) is 5.82 Å². The van der Waals surface area contributed by atoms with Gasteiger partial charge >= 0.3 is 0 Å². The summed E-state index contributed by atoms with van der Waals surface area (Å²) in [5, 5.41) is 0. The molecule has 116 valence electrons. The fourth-order valence-corrected chi connectivity index (χ4v) is 3.15. The third kappa shape index (κ3) is 3.66. The topological polar surface area (TPSA) is 19.4 Å². The van der Waals surface area contributed by atoms with Crippen LogP contribution in [0.3, 0.4) is 0 Å². The van der Waals surface area contributed by atoms with Crippen molar-refractivity contribution in [2.75, 3.05) is 37.6 Å². The van der Waals surface area contributed by atoms with E-state index in [9.17, 15) is 0 Å². The first-order valence-electron chi connectivity index (χ1n) is 8.17. The number of rotatable bonds is 4. The fourth-order valence-electron chi connectivity index (χ4n) is 3.15. The van der Waals surface area contributed by atoms with Gasteiger partial charge in [-0.15, -0.1) is 0 Å². The Kier molecular flexibility index (Phi) is 4.74. The lowest BCUT2D eigenvalue weighted by atomic mass is 10.1. The van der Waals surface area contributed by atoms with E-state index in [1.165, 1.54) is 16.7 Å². The second-order valence-corrected chi connectivity index (χ2v) is 6.21. The van der Waals surface area contributed by atoms with Gasteiger partial charge in [0.25, 0.3) is 0 Å². The van der Waals surface area contributed by atoms with Crippen LogP contribution in [0.25, 0.3) is 0 Å². The molecule has 1 aliphatic heterocycles. The highest BCUT2D eigenvalue weighted by atomic mass is 15.3. The molecule has 0 radical (unpaired) electrons. The van der Waals surface area contributed by atoms with Gasteiger partial charge in [-0.05, 0) is 37.5 Å². The Bertz CT molecular complexity index is 616. The average Bonchev–Trinajstić information content (AvgIpc) is 2.54. The zero-order chi connectivity index (χ0) is 15.4. The lowest BCUT2D eigenvalue weighted by molar-refractivity contribution is 0.260. The lowest BCUT2D eigenvalue weighted by Gasteiger charge is -2.36. The Morgan fingerprint density at radius 1 is 1.00 bits per heavy atom. The standard InChI is InChI=1S/C19H25N3/c1-16-5-3-7-18(15-16)8-10-21-11-13-22(14-12-21)19-17(2)6-4-9-20-19/h3-7,9,15H,8,10-14H2,1-2H3. The molecule has 1 saturated heterocycles. The minimum atomic E-state index is 1.08. The van der Waals surface area contributed by atoms with Gasteiger partial charge in [-0.1, -0.05) is 35.9 Å². The number of benzene rings is 1. The molecule has 2 heterocycles. The molecule has 3 rings (SSSR count). The molecular formula is C19H25N3. The minimum absolute atomic E-state index is 1.08. The summed E-state index contributed by atoms with van der Waals surface area (Å²) in [5.41, 5.74) is 4.08. The van der Waals surface area contributed by atoms with Gasteiger partial charge < -0.3 is 4.90 Å².